The number of aromatic nitrogens is 1. The Kier molecular flexibility index (Phi) is 4.36. The van der Waals surface area contributed by atoms with E-state index in [0.717, 1.165) is 44.6 Å². The van der Waals surface area contributed by atoms with Gasteiger partial charge in [-0.3, -0.25) is 9.69 Å². The zero-order chi connectivity index (χ0) is 19.3. The monoisotopic (exact) mass is 372 g/mol. The second-order valence-corrected chi connectivity index (χ2v) is 8.57. The molecule has 0 atom stereocenters. The highest BCUT2D eigenvalue weighted by molar-refractivity contribution is 5.96. The first-order chi connectivity index (χ1) is 13.6. The van der Waals surface area contributed by atoms with Crippen molar-refractivity contribution in [2.45, 2.75) is 52.6 Å². The first-order valence-electron chi connectivity index (χ1n) is 10.6. The van der Waals surface area contributed by atoms with Crippen LogP contribution in [-0.2, 0) is 25.9 Å². The van der Waals surface area contributed by atoms with Crippen LogP contribution in [0.2, 0.25) is 0 Å². The molecule has 2 aliphatic heterocycles. The lowest BCUT2D eigenvalue weighted by Crippen LogP contribution is -2.32. The van der Waals surface area contributed by atoms with Crippen molar-refractivity contribution >= 4 is 16.7 Å². The molecule has 0 saturated carbocycles. The summed E-state index contributed by atoms with van der Waals surface area (Å²) in [6, 6.07) is 12.7. The van der Waals surface area contributed by atoms with Crippen LogP contribution in [-0.4, -0.2) is 28.3 Å². The van der Waals surface area contributed by atoms with Gasteiger partial charge in [-0.15, -0.1) is 0 Å². The van der Waals surface area contributed by atoms with Crippen molar-refractivity contribution in [3.05, 3.63) is 69.9 Å². The molecule has 0 fully saturated rings. The quantitative estimate of drug-likeness (QED) is 0.599. The molecule has 5 rings (SSSR count). The molecule has 3 nitrogen and oxygen atoms in total. The largest absolute Gasteiger partial charge is 0.344 e. The fraction of sp³-hybridized carbons (Fsp3) is 0.400. The second kappa shape index (κ2) is 6.89. The highest BCUT2D eigenvalue weighted by Crippen LogP contribution is 2.37. The molecule has 0 radical (unpaired) electrons. The number of hydrogen-bond donors (Lipinski definition) is 0. The average Bonchev–Trinajstić information content (AvgIpc) is 3.24. The molecule has 0 amide bonds. The average molecular weight is 373 g/mol. The smallest absolute Gasteiger partial charge is 0.162 e. The van der Waals surface area contributed by atoms with Crippen LogP contribution in [0, 0.1) is 13.8 Å². The number of fused-ring (bicyclic) bond motifs is 3. The van der Waals surface area contributed by atoms with Crippen molar-refractivity contribution in [1.29, 1.82) is 0 Å². The number of benzene rings is 2. The van der Waals surface area contributed by atoms with Gasteiger partial charge in [-0.2, -0.15) is 0 Å². The van der Waals surface area contributed by atoms with E-state index in [1.54, 1.807) is 5.69 Å². The minimum Gasteiger partial charge on any atom is -0.344 e. The van der Waals surface area contributed by atoms with Gasteiger partial charge in [-0.1, -0.05) is 41.5 Å². The third-order valence-electron chi connectivity index (χ3n) is 6.51. The van der Waals surface area contributed by atoms with E-state index < -0.39 is 0 Å². The summed E-state index contributed by atoms with van der Waals surface area (Å²) in [7, 11) is 0. The van der Waals surface area contributed by atoms with Crippen molar-refractivity contribution in [2.24, 2.45) is 0 Å². The van der Waals surface area contributed by atoms with Gasteiger partial charge >= 0.3 is 0 Å². The molecule has 0 aliphatic carbocycles. The summed E-state index contributed by atoms with van der Waals surface area (Å²) in [5, 5.41) is 1.47. The molecule has 0 N–H and O–H groups in total. The number of rotatable bonds is 5. The minimum absolute atomic E-state index is 0.268. The van der Waals surface area contributed by atoms with Gasteiger partial charge in [-0.25, -0.2) is 0 Å². The summed E-state index contributed by atoms with van der Waals surface area (Å²) in [4.78, 5) is 15.0. The topological polar surface area (TPSA) is 25.2 Å². The summed E-state index contributed by atoms with van der Waals surface area (Å²) in [5.74, 6) is 0.268. The molecule has 0 spiro atoms. The number of nitrogens with zero attached hydrogens (tertiary/aromatic N) is 2. The van der Waals surface area contributed by atoms with Gasteiger partial charge in [0.1, 0.15) is 0 Å². The van der Waals surface area contributed by atoms with E-state index in [9.17, 15) is 4.79 Å². The van der Waals surface area contributed by atoms with Gasteiger partial charge in [0.05, 0.1) is 5.52 Å². The van der Waals surface area contributed by atoms with Crippen molar-refractivity contribution < 1.29 is 4.79 Å². The van der Waals surface area contributed by atoms with E-state index in [1.165, 1.54) is 39.6 Å². The van der Waals surface area contributed by atoms with Crippen LogP contribution < -0.4 is 0 Å². The van der Waals surface area contributed by atoms with Crippen LogP contribution >= 0.6 is 0 Å². The van der Waals surface area contributed by atoms with Crippen LogP contribution in [0.5, 0.6) is 0 Å². The van der Waals surface area contributed by atoms with Crippen LogP contribution in [0.3, 0.4) is 0 Å². The fourth-order valence-corrected chi connectivity index (χ4v) is 5.09. The second-order valence-electron chi connectivity index (χ2n) is 8.57. The van der Waals surface area contributed by atoms with Gasteiger partial charge in [0.2, 0.25) is 0 Å². The highest BCUT2D eigenvalue weighted by atomic mass is 16.1. The zero-order valence-electron chi connectivity index (χ0n) is 16.9. The lowest BCUT2D eigenvalue weighted by Gasteiger charge is -2.28. The number of carbonyl (C=O) groups excluding carboxylic acids is 1. The van der Waals surface area contributed by atoms with E-state index in [4.69, 9.17) is 0 Å². The standard InChI is InChI=1S/C25H28N2O/c1-17-5-7-19(8-6-17)24(28)4-3-11-26-12-10-23-22(16-26)21-15-18(2)14-20-9-13-27(23)25(20)21/h5-8,14-15H,3-4,9-13,16H2,1-2H3. The Labute approximate surface area is 167 Å². The SMILES string of the molecule is Cc1ccc(C(=O)CCCN2CCc3c(c4cc(C)cc5c4n3CC5)C2)cc1. The van der Waals surface area contributed by atoms with Gasteiger partial charge in [-0.05, 0) is 50.4 Å². The number of hydrogen-bond acceptors (Lipinski definition) is 2. The minimum atomic E-state index is 0.268. The Balaban J connectivity index is 1.27. The number of aryl methyl sites for hydroxylation is 4. The van der Waals surface area contributed by atoms with Crippen LogP contribution in [0.15, 0.2) is 36.4 Å². The lowest BCUT2D eigenvalue weighted by molar-refractivity contribution is 0.0973. The molecule has 3 aromatic rings. The summed E-state index contributed by atoms with van der Waals surface area (Å²) >= 11 is 0. The normalized spacial score (nSPS) is 15.9. The van der Waals surface area contributed by atoms with Crippen LogP contribution in [0.4, 0.5) is 0 Å². The lowest BCUT2D eigenvalue weighted by atomic mass is 9.99. The van der Waals surface area contributed by atoms with Crippen molar-refractivity contribution in [3.8, 4) is 0 Å². The van der Waals surface area contributed by atoms with Crippen molar-refractivity contribution in [3.63, 3.8) is 0 Å². The molecule has 2 aromatic carbocycles. The Morgan fingerprint density at radius 1 is 1.00 bits per heavy atom. The maximum Gasteiger partial charge on any atom is 0.162 e. The van der Waals surface area contributed by atoms with Crippen molar-refractivity contribution in [1.82, 2.24) is 9.47 Å². The van der Waals surface area contributed by atoms with Gasteiger partial charge in [0.25, 0.3) is 0 Å². The number of carbonyl (C=O) groups is 1. The highest BCUT2D eigenvalue weighted by Gasteiger charge is 2.27. The van der Waals surface area contributed by atoms with E-state index in [-0.39, 0.29) is 5.78 Å². The summed E-state index contributed by atoms with van der Waals surface area (Å²) in [5.41, 5.74) is 9.55. The maximum atomic E-state index is 12.4. The molecule has 3 heterocycles. The predicted molar refractivity (Wildman–Crippen MR) is 114 cm³/mol. The van der Waals surface area contributed by atoms with Gasteiger partial charge in [0.15, 0.2) is 5.78 Å². The maximum absolute atomic E-state index is 12.4. The summed E-state index contributed by atoms with van der Waals surface area (Å²) in [6.07, 6.45) is 3.89. The fourth-order valence-electron chi connectivity index (χ4n) is 5.09. The Morgan fingerprint density at radius 2 is 1.82 bits per heavy atom. The Hall–Kier alpha value is -2.39. The van der Waals surface area contributed by atoms with Gasteiger partial charge < -0.3 is 4.57 Å². The van der Waals surface area contributed by atoms with Crippen LogP contribution in [0.1, 0.15) is 51.1 Å². The van der Waals surface area contributed by atoms with Gasteiger partial charge in [0, 0.05) is 49.1 Å². The van der Waals surface area contributed by atoms with E-state index in [0.29, 0.717) is 6.42 Å². The Bertz CT molecular complexity index is 1060. The molecule has 3 heteroatoms. The molecular formula is C25H28N2O. The molecule has 28 heavy (non-hydrogen) atoms. The summed E-state index contributed by atoms with van der Waals surface area (Å²) < 4.78 is 2.58. The van der Waals surface area contributed by atoms with Crippen molar-refractivity contribution in [2.75, 3.05) is 13.1 Å². The predicted octanol–water partition coefficient (Wildman–Crippen LogP) is 4.84. The molecule has 144 valence electrons. The first-order valence-corrected chi connectivity index (χ1v) is 10.6. The summed E-state index contributed by atoms with van der Waals surface area (Å²) in [6.45, 7) is 8.56. The number of Topliss-reactive ketones (excluding diaryl/α,β-unsaturated/α-hetero) is 1. The van der Waals surface area contributed by atoms with E-state index in [1.807, 2.05) is 24.3 Å². The molecule has 0 unspecified atom stereocenters. The third-order valence-corrected chi connectivity index (χ3v) is 6.51. The third kappa shape index (κ3) is 2.98. The number of ketones is 1. The zero-order valence-corrected chi connectivity index (χ0v) is 16.9. The molecule has 1 aromatic heterocycles. The van der Waals surface area contributed by atoms with E-state index >= 15 is 0 Å². The Morgan fingerprint density at radius 3 is 2.64 bits per heavy atom. The molecule has 0 bridgehead atoms. The first kappa shape index (κ1) is 17.7. The molecule has 2 aliphatic rings. The van der Waals surface area contributed by atoms with E-state index in [2.05, 4.69) is 35.4 Å². The van der Waals surface area contributed by atoms with Crippen LogP contribution in [0.25, 0.3) is 10.9 Å². The molecular weight excluding hydrogens is 344 g/mol. The molecule has 0 saturated heterocycles.